The third-order valence-electron chi connectivity index (χ3n) is 3.12. The molecule has 1 aliphatic heterocycles. The molecule has 1 atom stereocenters. The van der Waals surface area contributed by atoms with Crippen molar-refractivity contribution < 1.29 is 13.2 Å². The number of piperidine rings is 1. The van der Waals surface area contributed by atoms with E-state index in [1.54, 1.807) is 7.05 Å². The van der Waals surface area contributed by atoms with Crippen LogP contribution in [0.5, 0.6) is 0 Å². The molecule has 1 rings (SSSR count). The summed E-state index contributed by atoms with van der Waals surface area (Å²) < 4.78 is 24.5. The van der Waals surface area contributed by atoms with Gasteiger partial charge in [-0.3, -0.25) is 4.79 Å². The van der Waals surface area contributed by atoms with E-state index in [1.807, 2.05) is 4.90 Å². The lowest BCUT2D eigenvalue weighted by Crippen LogP contribution is -2.47. The summed E-state index contributed by atoms with van der Waals surface area (Å²) in [5, 5.41) is 2.86. The largest absolute Gasteiger partial charge is 0.339 e. The number of amides is 1. The molecular weight excluding hydrogens is 254 g/mol. The first-order valence-electron chi connectivity index (χ1n) is 6.33. The molecule has 0 aromatic carbocycles. The van der Waals surface area contributed by atoms with Crippen LogP contribution in [0, 0.1) is 0 Å². The number of hydrogen-bond donors (Lipinski definition) is 2. The van der Waals surface area contributed by atoms with Crippen molar-refractivity contribution in [1.82, 2.24) is 14.9 Å². The van der Waals surface area contributed by atoms with Crippen molar-refractivity contribution in [1.29, 1.82) is 0 Å². The Hall–Kier alpha value is -0.660. The fourth-order valence-electron chi connectivity index (χ4n) is 2.29. The second-order valence-corrected chi connectivity index (χ2v) is 6.56. The molecule has 1 fully saturated rings. The second kappa shape index (κ2) is 7.06. The van der Waals surface area contributed by atoms with E-state index in [9.17, 15) is 13.2 Å². The summed E-state index contributed by atoms with van der Waals surface area (Å²) in [6, 6.07) is 0.161. The lowest BCUT2D eigenvalue weighted by atomic mass is 9.99. The van der Waals surface area contributed by atoms with Gasteiger partial charge in [-0.25, -0.2) is 13.1 Å². The highest BCUT2D eigenvalue weighted by atomic mass is 32.2. The number of likely N-dealkylation sites (N-methyl/N-ethyl adjacent to an activating group) is 1. The minimum atomic E-state index is -3.14. The molecule has 6 nitrogen and oxygen atoms in total. The Morgan fingerprint density at radius 2 is 2.11 bits per heavy atom. The van der Waals surface area contributed by atoms with Gasteiger partial charge in [-0.15, -0.1) is 0 Å². The van der Waals surface area contributed by atoms with Crippen LogP contribution in [0.25, 0.3) is 0 Å². The molecule has 0 aliphatic carbocycles. The Bertz CT molecular complexity index is 370. The molecule has 1 heterocycles. The highest BCUT2D eigenvalue weighted by molar-refractivity contribution is 7.88. The molecule has 0 bridgehead atoms. The van der Waals surface area contributed by atoms with Crippen LogP contribution in [0.4, 0.5) is 0 Å². The number of nitrogens with one attached hydrogen (secondary N) is 2. The molecule has 0 saturated carbocycles. The number of likely N-dealkylation sites (tertiary alicyclic amines) is 1. The van der Waals surface area contributed by atoms with E-state index in [1.165, 1.54) is 0 Å². The normalized spacial score (nSPS) is 21.0. The van der Waals surface area contributed by atoms with Crippen LogP contribution in [0.2, 0.25) is 0 Å². The van der Waals surface area contributed by atoms with E-state index >= 15 is 0 Å². The maximum atomic E-state index is 11.9. The minimum absolute atomic E-state index is 0.0987. The van der Waals surface area contributed by atoms with Gasteiger partial charge in [0.05, 0.1) is 12.8 Å². The van der Waals surface area contributed by atoms with Gasteiger partial charge in [-0.1, -0.05) is 0 Å². The SMILES string of the molecule is CNCC(=O)N1CCCCC1CCNS(C)(=O)=O. The van der Waals surface area contributed by atoms with Crippen LogP contribution in [-0.2, 0) is 14.8 Å². The minimum Gasteiger partial charge on any atom is -0.339 e. The maximum Gasteiger partial charge on any atom is 0.236 e. The zero-order chi connectivity index (χ0) is 13.6. The summed E-state index contributed by atoms with van der Waals surface area (Å²) in [6.07, 6.45) is 4.93. The van der Waals surface area contributed by atoms with Crippen LogP contribution in [0.3, 0.4) is 0 Å². The molecule has 18 heavy (non-hydrogen) atoms. The van der Waals surface area contributed by atoms with Gasteiger partial charge in [0.15, 0.2) is 0 Å². The number of carbonyl (C=O) groups excluding carboxylic acids is 1. The van der Waals surface area contributed by atoms with E-state index in [4.69, 9.17) is 0 Å². The third-order valence-corrected chi connectivity index (χ3v) is 3.85. The van der Waals surface area contributed by atoms with E-state index in [0.29, 0.717) is 19.5 Å². The van der Waals surface area contributed by atoms with Gasteiger partial charge in [0.25, 0.3) is 0 Å². The molecule has 1 amide bonds. The van der Waals surface area contributed by atoms with Crippen molar-refractivity contribution in [2.24, 2.45) is 0 Å². The Balaban J connectivity index is 2.47. The quantitative estimate of drug-likeness (QED) is 0.688. The first kappa shape index (κ1) is 15.4. The van der Waals surface area contributed by atoms with Crippen molar-refractivity contribution in [3.8, 4) is 0 Å². The van der Waals surface area contributed by atoms with Crippen LogP contribution in [-0.4, -0.2) is 58.2 Å². The first-order chi connectivity index (χ1) is 8.44. The molecule has 7 heteroatoms. The molecule has 0 aromatic heterocycles. The van der Waals surface area contributed by atoms with Gasteiger partial charge in [0.1, 0.15) is 0 Å². The summed E-state index contributed by atoms with van der Waals surface area (Å²) >= 11 is 0. The highest BCUT2D eigenvalue weighted by Crippen LogP contribution is 2.19. The van der Waals surface area contributed by atoms with Crippen molar-refractivity contribution in [2.45, 2.75) is 31.7 Å². The summed E-state index contributed by atoms with van der Waals surface area (Å²) in [5.41, 5.74) is 0. The van der Waals surface area contributed by atoms with Crippen molar-refractivity contribution in [3.63, 3.8) is 0 Å². The van der Waals surface area contributed by atoms with Crippen LogP contribution >= 0.6 is 0 Å². The average Bonchev–Trinajstić information content (AvgIpc) is 2.28. The van der Waals surface area contributed by atoms with Gasteiger partial charge in [-0.05, 0) is 32.7 Å². The Morgan fingerprint density at radius 1 is 1.39 bits per heavy atom. The van der Waals surface area contributed by atoms with Crippen molar-refractivity contribution in [2.75, 3.05) is 32.9 Å². The number of hydrogen-bond acceptors (Lipinski definition) is 4. The van der Waals surface area contributed by atoms with E-state index in [-0.39, 0.29) is 11.9 Å². The van der Waals surface area contributed by atoms with Gasteiger partial charge >= 0.3 is 0 Å². The molecule has 0 spiro atoms. The Kier molecular flexibility index (Phi) is 6.04. The van der Waals surface area contributed by atoms with Gasteiger partial charge in [0, 0.05) is 19.1 Å². The summed E-state index contributed by atoms with van der Waals surface area (Å²) in [4.78, 5) is 13.8. The van der Waals surface area contributed by atoms with E-state index < -0.39 is 10.0 Å². The molecule has 1 unspecified atom stereocenters. The van der Waals surface area contributed by atoms with Crippen LogP contribution in [0.15, 0.2) is 0 Å². The van der Waals surface area contributed by atoms with E-state index in [2.05, 4.69) is 10.0 Å². The van der Waals surface area contributed by atoms with Gasteiger partial charge < -0.3 is 10.2 Å². The van der Waals surface area contributed by atoms with E-state index in [0.717, 1.165) is 32.1 Å². The molecule has 106 valence electrons. The average molecular weight is 277 g/mol. The molecule has 0 radical (unpaired) electrons. The predicted molar refractivity (Wildman–Crippen MR) is 70.7 cm³/mol. The standard InChI is InChI=1S/C11H23N3O3S/c1-12-9-11(15)14-8-4-3-5-10(14)6-7-13-18(2,16)17/h10,12-13H,3-9H2,1-2H3. The zero-order valence-electron chi connectivity index (χ0n) is 11.1. The summed E-state index contributed by atoms with van der Waals surface area (Å²) in [7, 11) is -1.39. The Morgan fingerprint density at radius 3 is 2.72 bits per heavy atom. The summed E-state index contributed by atoms with van der Waals surface area (Å²) in [6.45, 7) is 1.52. The number of rotatable bonds is 6. The lowest BCUT2D eigenvalue weighted by Gasteiger charge is -2.36. The monoisotopic (exact) mass is 277 g/mol. The van der Waals surface area contributed by atoms with Gasteiger partial charge in [-0.2, -0.15) is 0 Å². The van der Waals surface area contributed by atoms with Crippen molar-refractivity contribution >= 4 is 15.9 Å². The smallest absolute Gasteiger partial charge is 0.236 e. The van der Waals surface area contributed by atoms with Crippen LogP contribution in [0.1, 0.15) is 25.7 Å². The topological polar surface area (TPSA) is 78.5 Å². The van der Waals surface area contributed by atoms with Crippen molar-refractivity contribution in [3.05, 3.63) is 0 Å². The Labute approximate surface area is 109 Å². The predicted octanol–water partition coefficient (Wildman–Crippen LogP) is -0.474. The van der Waals surface area contributed by atoms with Crippen LogP contribution < -0.4 is 10.0 Å². The third kappa shape index (κ3) is 5.32. The first-order valence-corrected chi connectivity index (χ1v) is 8.22. The molecule has 2 N–H and O–H groups in total. The lowest BCUT2D eigenvalue weighted by molar-refractivity contribution is -0.133. The fourth-order valence-corrected chi connectivity index (χ4v) is 2.78. The second-order valence-electron chi connectivity index (χ2n) is 4.72. The number of sulfonamides is 1. The highest BCUT2D eigenvalue weighted by Gasteiger charge is 2.25. The van der Waals surface area contributed by atoms with Gasteiger partial charge in [0.2, 0.25) is 15.9 Å². The molecular formula is C11H23N3O3S. The summed E-state index contributed by atoms with van der Waals surface area (Å²) in [5.74, 6) is 0.0987. The zero-order valence-corrected chi connectivity index (χ0v) is 11.9. The maximum absolute atomic E-state index is 11.9. The molecule has 1 aliphatic rings. The number of nitrogens with zero attached hydrogens (tertiary/aromatic N) is 1. The fraction of sp³-hybridized carbons (Fsp3) is 0.909. The molecule has 0 aromatic rings. The molecule has 1 saturated heterocycles. The number of carbonyl (C=O) groups is 1.